The number of rotatable bonds is 6. The zero-order valence-electron chi connectivity index (χ0n) is 24.7. The second-order valence-corrected chi connectivity index (χ2v) is 13.6. The lowest BCUT2D eigenvalue weighted by molar-refractivity contribution is -0.214. The molecule has 0 spiro atoms. The van der Waals surface area contributed by atoms with Gasteiger partial charge in [0.15, 0.2) is 17.1 Å². The third kappa shape index (κ3) is 4.67. The van der Waals surface area contributed by atoms with Crippen molar-refractivity contribution < 1.29 is 33.4 Å². The van der Waals surface area contributed by atoms with Gasteiger partial charge in [-0.25, -0.2) is 14.2 Å². The number of nitrogens with zero attached hydrogens (tertiary/aromatic N) is 2. The van der Waals surface area contributed by atoms with Crippen LogP contribution >= 0.6 is 11.8 Å². The number of pyridine rings is 2. The first-order chi connectivity index (χ1) is 21.4. The maximum absolute atomic E-state index is 17.5. The molecule has 3 saturated carbocycles. The number of H-pyrrole nitrogens is 1. The van der Waals surface area contributed by atoms with Crippen molar-refractivity contribution in [2.24, 2.45) is 22.7 Å². The topological polar surface area (TPSA) is 159 Å². The number of hydrogen-bond acceptors (Lipinski definition) is 10. The second kappa shape index (κ2) is 11.1. The van der Waals surface area contributed by atoms with Crippen LogP contribution in [0.4, 0.5) is 4.39 Å². The highest BCUT2D eigenvalue weighted by Gasteiger charge is 2.75. The Morgan fingerprint density at radius 1 is 1.20 bits per heavy atom. The molecule has 2 heterocycles. The molecule has 4 aliphatic rings. The van der Waals surface area contributed by atoms with E-state index < -0.39 is 51.1 Å². The first-order valence-electron chi connectivity index (χ1n) is 14.8. The third-order valence-corrected chi connectivity index (χ3v) is 11.4. The predicted octanol–water partition coefficient (Wildman–Crippen LogP) is 4.61. The van der Waals surface area contributed by atoms with Crippen molar-refractivity contribution in [3.63, 3.8) is 0 Å². The fourth-order valence-corrected chi connectivity index (χ4v) is 9.12. The number of ether oxygens (including phenoxy) is 2. The Morgan fingerprint density at radius 2 is 2.00 bits per heavy atom. The lowest BCUT2D eigenvalue weighted by atomic mass is 9.45. The number of aromatic nitrogens is 2. The molecular formula is C33H32FN3O7S. The minimum absolute atomic E-state index is 0.0430. The van der Waals surface area contributed by atoms with Crippen molar-refractivity contribution in [2.45, 2.75) is 63.3 Å². The third-order valence-electron chi connectivity index (χ3n) is 10.6. The smallest absolute Gasteiger partial charge is 0.340 e. The molecule has 234 valence electrons. The van der Waals surface area contributed by atoms with Crippen LogP contribution in [0.3, 0.4) is 0 Å². The summed E-state index contributed by atoms with van der Waals surface area (Å²) in [5.41, 5.74) is -5.79. The Morgan fingerprint density at radius 3 is 2.69 bits per heavy atom. The van der Waals surface area contributed by atoms with Gasteiger partial charge in [-0.2, -0.15) is 5.26 Å². The zero-order valence-corrected chi connectivity index (χ0v) is 25.6. The van der Waals surface area contributed by atoms with Crippen LogP contribution < -0.4 is 10.3 Å². The van der Waals surface area contributed by atoms with Crippen molar-refractivity contribution in [2.75, 3.05) is 5.75 Å². The number of alkyl halides is 1. The number of ketones is 1. The lowest BCUT2D eigenvalue weighted by Gasteiger charge is -2.62. The zero-order chi connectivity index (χ0) is 32.2. The summed E-state index contributed by atoms with van der Waals surface area (Å²) in [4.78, 5) is 57.7. The second-order valence-electron chi connectivity index (χ2n) is 12.6. The van der Waals surface area contributed by atoms with E-state index in [0.29, 0.717) is 30.6 Å². The normalized spacial score (nSPS) is 34.9. The highest BCUT2D eigenvalue weighted by molar-refractivity contribution is 8.14. The van der Waals surface area contributed by atoms with Crippen molar-refractivity contribution >= 4 is 28.6 Å². The number of thioether (sulfide) groups is 1. The van der Waals surface area contributed by atoms with E-state index in [0.717, 1.165) is 11.8 Å². The quantitative estimate of drug-likeness (QED) is 0.430. The number of halogens is 1. The Hall–Kier alpha value is -4.08. The first kappa shape index (κ1) is 30.9. The van der Waals surface area contributed by atoms with Gasteiger partial charge in [-0.05, 0) is 69.2 Å². The summed E-state index contributed by atoms with van der Waals surface area (Å²) >= 11 is 0.745. The van der Waals surface area contributed by atoms with E-state index in [1.54, 1.807) is 19.9 Å². The van der Waals surface area contributed by atoms with Gasteiger partial charge >= 0.3 is 5.97 Å². The standard InChI is InChI=1S/C33H32FN3O7S/c1-30-11-9-21(38)15-20(30)4-6-24-23-10-12-32(29(42)45-14-13-35,31(23,2)16-25(39)33(24,30)34)44-28(41)19-3-8-27(37-17-19)43-22-5-7-26(40)36-18-22/h3,5,7-9,11,15,17-18,23-25,39H,4,6,10,12,14,16H2,1-2H3,(H,36,40)/t23?,24?,25-,30-,31-,32-,33?/m0/s1. The van der Waals surface area contributed by atoms with Gasteiger partial charge in [-0.1, -0.05) is 30.3 Å². The van der Waals surface area contributed by atoms with Crippen molar-refractivity contribution in [1.29, 1.82) is 5.26 Å². The van der Waals surface area contributed by atoms with Crippen molar-refractivity contribution in [3.8, 4) is 17.7 Å². The molecule has 3 fully saturated rings. The largest absolute Gasteiger partial charge is 0.446 e. The predicted molar refractivity (Wildman–Crippen MR) is 161 cm³/mol. The minimum Gasteiger partial charge on any atom is -0.446 e. The summed E-state index contributed by atoms with van der Waals surface area (Å²) < 4.78 is 29.3. The number of carbonyl (C=O) groups excluding carboxylic acids is 3. The van der Waals surface area contributed by atoms with Gasteiger partial charge in [-0.3, -0.25) is 14.4 Å². The van der Waals surface area contributed by atoms with Gasteiger partial charge in [-0.15, -0.1) is 0 Å². The molecule has 0 bridgehead atoms. The van der Waals surface area contributed by atoms with E-state index in [4.69, 9.17) is 9.47 Å². The Kier molecular flexibility index (Phi) is 7.61. The maximum atomic E-state index is 17.5. The van der Waals surface area contributed by atoms with E-state index in [1.807, 2.05) is 6.07 Å². The summed E-state index contributed by atoms with van der Waals surface area (Å²) in [5.74, 6) is -1.83. The van der Waals surface area contributed by atoms with E-state index in [2.05, 4.69) is 9.97 Å². The molecule has 0 saturated heterocycles. The van der Waals surface area contributed by atoms with Crippen LogP contribution in [0, 0.1) is 34.0 Å². The summed E-state index contributed by atoms with van der Waals surface area (Å²) in [7, 11) is 0. The highest BCUT2D eigenvalue weighted by Crippen LogP contribution is 2.70. The monoisotopic (exact) mass is 633 g/mol. The number of nitrogens with one attached hydrogen (secondary N) is 1. The van der Waals surface area contributed by atoms with Gasteiger partial charge in [0.2, 0.25) is 16.6 Å². The van der Waals surface area contributed by atoms with Crippen LogP contribution in [0.5, 0.6) is 11.6 Å². The van der Waals surface area contributed by atoms with Crippen molar-refractivity contribution in [3.05, 3.63) is 76.4 Å². The Balaban J connectivity index is 1.31. The van der Waals surface area contributed by atoms with Crippen LogP contribution in [0.1, 0.15) is 56.3 Å². The van der Waals surface area contributed by atoms with E-state index in [-0.39, 0.29) is 41.4 Å². The van der Waals surface area contributed by atoms with Crippen molar-refractivity contribution in [1.82, 2.24) is 9.97 Å². The van der Waals surface area contributed by atoms with Gasteiger partial charge in [0.05, 0.1) is 23.5 Å². The van der Waals surface area contributed by atoms with Crippen LogP contribution in [0.25, 0.3) is 0 Å². The molecule has 3 unspecified atom stereocenters. The van der Waals surface area contributed by atoms with Gasteiger partial charge < -0.3 is 19.6 Å². The van der Waals surface area contributed by atoms with Crippen LogP contribution in [0.2, 0.25) is 0 Å². The molecule has 4 aliphatic carbocycles. The molecule has 45 heavy (non-hydrogen) atoms. The minimum atomic E-state index is -2.10. The summed E-state index contributed by atoms with van der Waals surface area (Å²) in [5, 5.41) is 20.4. The summed E-state index contributed by atoms with van der Waals surface area (Å²) in [6.45, 7) is 3.49. The van der Waals surface area contributed by atoms with E-state index >= 15 is 4.39 Å². The van der Waals surface area contributed by atoms with Crippen LogP contribution in [-0.2, 0) is 14.3 Å². The molecule has 0 aliphatic heterocycles. The molecule has 2 aromatic rings. The van der Waals surface area contributed by atoms with E-state index in [9.17, 15) is 29.5 Å². The molecule has 2 aromatic heterocycles. The number of carbonyl (C=O) groups is 3. The average molecular weight is 634 g/mol. The SMILES string of the molecule is C[C@]12C=CC(=O)C=C1CCC1C3CC[C@](OC(=O)c4ccc(Oc5ccc(=O)[nH]c5)nc4)(C(=O)SCC#N)[C@@]3(C)C[C@H](O)C12F. The summed E-state index contributed by atoms with van der Waals surface area (Å²) in [6.07, 6.45) is 6.61. The maximum Gasteiger partial charge on any atom is 0.340 e. The number of hydrogen-bond donors (Lipinski definition) is 2. The Labute approximate surface area is 262 Å². The van der Waals surface area contributed by atoms with Gasteiger partial charge in [0.25, 0.3) is 0 Å². The molecule has 2 N–H and O–H groups in total. The number of esters is 1. The summed E-state index contributed by atoms with van der Waals surface area (Å²) in [6, 6.07) is 7.58. The first-order valence-corrected chi connectivity index (χ1v) is 15.8. The number of aliphatic hydroxyl groups excluding tert-OH is 1. The molecule has 0 aromatic carbocycles. The van der Waals surface area contributed by atoms with Gasteiger partial charge in [0.1, 0.15) is 5.75 Å². The van der Waals surface area contributed by atoms with Gasteiger partial charge in [0, 0.05) is 41.3 Å². The molecule has 6 rings (SSSR count). The Bertz CT molecular complexity index is 1710. The number of aliphatic hydroxyl groups is 1. The number of nitriles is 1. The lowest BCUT2D eigenvalue weighted by Crippen LogP contribution is -2.69. The molecule has 12 heteroatoms. The molecule has 10 nitrogen and oxygen atoms in total. The highest BCUT2D eigenvalue weighted by atomic mass is 32.2. The van der Waals surface area contributed by atoms with Crippen LogP contribution in [0.15, 0.2) is 65.3 Å². The molecule has 0 amide bonds. The van der Waals surface area contributed by atoms with E-state index in [1.165, 1.54) is 48.8 Å². The molecular weight excluding hydrogens is 601 g/mol. The fraction of sp³-hybridized carbons (Fsp3) is 0.455. The molecule has 0 radical (unpaired) electrons. The average Bonchev–Trinajstić information content (AvgIpc) is 3.30. The van der Waals surface area contributed by atoms with Crippen LogP contribution in [-0.4, -0.2) is 55.1 Å². The number of aromatic amines is 1. The number of fused-ring (bicyclic) bond motifs is 5. The number of allylic oxidation sites excluding steroid dienone is 4. The fourth-order valence-electron chi connectivity index (χ4n) is 8.32. The molecule has 7 atom stereocenters.